The number of anilines is 3. The normalized spacial score (nSPS) is 13.9. The van der Waals surface area contributed by atoms with Crippen molar-refractivity contribution in [2.24, 2.45) is 0 Å². The van der Waals surface area contributed by atoms with E-state index < -0.39 is 8.07 Å². The van der Waals surface area contributed by atoms with Gasteiger partial charge in [0.05, 0.1) is 0 Å². The molecule has 1 aliphatic carbocycles. The van der Waals surface area contributed by atoms with Gasteiger partial charge in [0.15, 0.2) is 8.07 Å². The molecule has 0 aromatic heterocycles. The molecule has 0 bridgehead atoms. The van der Waals surface area contributed by atoms with E-state index in [1.54, 1.807) is 0 Å². The van der Waals surface area contributed by atoms with Gasteiger partial charge >= 0.3 is 0 Å². The van der Waals surface area contributed by atoms with Crippen LogP contribution < -0.4 is 25.6 Å². The fourth-order valence-corrected chi connectivity index (χ4v) is 17.0. The second-order valence-corrected chi connectivity index (χ2v) is 22.1. The standard InChI is InChI=1S/C63H45NSi/c1-63(2)57-38-31-46-19-10-11-22-53(46)61(57)56-37-34-50(41-58(56)63)64(49-32-27-45(28-33-49)42-15-4-3-5-16-42)59-25-14-24-55-54-23-12-13-26-60(54)65(62(55)59,51-35-29-43-17-6-8-20-47(43)39-51)52-36-30-44-18-7-9-21-48(44)40-52/h3-41H,1-2H3. The molecule has 13 rings (SSSR count). The molecule has 2 heteroatoms. The van der Waals surface area contributed by atoms with E-state index in [9.17, 15) is 0 Å². The fourth-order valence-electron chi connectivity index (χ4n) is 11.6. The molecule has 1 nitrogen and oxygen atoms in total. The molecule has 0 atom stereocenters. The molecular formula is C63H45NSi. The summed E-state index contributed by atoms with van der Waals surface area (Å²) in [6, 6.07) is 89.5. The van der Waals surface area contributed by atoms with Crippen molar-refractivity contribution >= 4 is 78.2 Å². The van der Waals surface area contributed by atoms with Gasteiger partial charge in [0.2, 0.25) is 0 Å². The first-order valence-corrected chi connectivity index (χ1v) is 24.8. The van der Waals surface area contributed by atoms with Crippen LogP contribution >= 0.6 is 0 Å². The van der Waals surface area contributed by atoms with E-state index in [0.29, 0.717) is 0 Å². The van der Waals surface area contributed by atoms with E-state index in [1.807, 2.05) is 0 Å². The summed E-state index contributed by atoms with van der Waals surface area (Å²) in [4.78, 5) is 2.58. The minimum atomic E-state index is -3.07. The summed E-state index contributed by atoms with van der Waals surface area (Å²) >= 11 is 0. The second-order valence-electron chi connectivity index (χ2n) is 18.4. The van der Waals surface area contributed by atoms with E-state index in [-0.39, 0.29) is 5.41 Å². The zero-order chi connectivity index (χ0) is 43.3. The lowest BCUT2D eigenvalue weighted by atomic mass is 9.82. The average molecular weight is 844 g/mol. The highest BCUT2D eigenvalue weighted by molar-refractivity contribution is 7.23. The zero-order valence-electron chi connectivity index (χ0n) is 36.5. The maximum absolute atomic E-state index is 3.07. The quantitative estimate of drug-likeness (QED) is 0.151. The van der Waals surface area contributed by atoms with E-state index >= 15 is 0 Å². The van der Waals surface area contributed by atoms with Gasteiger partial charge in [0.25, 0.3) is 0 Å². The fraction of sp³-hybridized carbons (Fsp3) is 0.0476. The van der Waals surface area contributed by atoms with Gasteiger partial charge in [-0.15, -0.1) is 0 Å². The number of nitrogens with zero attached hydrogens (tertiary/aromatic N) is 1. The highest BCUT2D eigenvalue weighted by Gasteiger charge is 2.51. The third-order valence-electron chi connectivity index (χ3n) is 14.7. The summed E-state index contributed by atoms with van der Waals surface area (Å²) in [5.41, 5.74) is 13.8. The highest BCUT2D eigenvalue weighted by Crippen LogP contribution is 2.53. The molecule has 0 radical (unpaired) electrons. The Hall–Kier alpha value is -7.78. The summed E-state index contributed by atoms with van der Waals surface area (Å²) in [5.74, 6) is 0. The van der Waals surface area contributed by atoms with Crippen molar-refractivity contribution in [1.82, 2.24) is 0 Å². The smallest absolute Gasteiger partial charge is 0.183 e. The number of fused-ring (bicyclic) bond motifs is 10. The summed E-state index contributed by atoms with van der Waals surface area (Å²) in [6.07, 6.45) is 0. The SMILES string of the molecule is CC1(C)c2cc(N(c3ccc(-c4ccccc4)cc3)c3cccc4c3[Si](c3ccc5ccccc5c3)(c3ccc5ccccc5c3)c3ccccc3-4)ccc2-c2c1ccc1ccccc21. The Labute approximate surface area is 381 Å². The van der Waals surface area contributed by atoms with Gasteiger partial charge in [-0.2, -0.15) is 0 Å². The highest BCUT2D eigenvalue weighted by atomic mass is 28.3. The summed E-state index contributed by atoms with van der Waals surface area (Å²) in [5, 5.41) is 13.3. The molecule has 2 aliphatic rings. The molecule has 0 amide bonds. The van der Waals surface area contributed by atoms with Gasteiger partial charge in [-0.1, -0.05) is 220 Å². The first-order chi connectivity index (χ1) is 32.0. The van der Waals surface area contributed by atoms with Crippen LogP contribution in [0.1, 0.15) is 25.0 Å². The molecule has 1 aliphatic heterocycles. The number of hydrogen-bond donors (Lipinski definition) is 0. The average Bonchev–Trinajstić information content (AvgIpc) is 3.80. The van der Waals surface area contributed by atoms with Crippen LogP contribution in [0.5, 0.6) is 0 Å². The molecule has 0 N–H and O–H groups in total. The van der Waals surface area contributed by atoms with Crippen molar-refractivity contribution in [3.8, 4) is 33.4 Å². The molecule has 0 saturated heterocycles. The maximum Gasteiger partial charge on any atom is 0.183 e. The van der Waals surface area contributed by atoms with Crippen LogP contribution in [0.4, 0.5) is 17.1 Å². The summed E-state index contributed by atoms with van der Waals surface area (Å²) in [6.45, 7) is 4.81. The first-order valence-electron chi connectivity index (χ1n) is 22.8. The molecule has 306 valence electrons. The van der Waals surface area contributed by atoms with Crippen LogP contribution in [-0.4, -0.2) is 8.07 Å². The number of benzene rings is 11. The van der Waals surface area contributed by atoms with Crippen molar-refractivity contribution in [2.45, 2.75) is 19.3 Å². The summed E-state index contributed by atoms with van der Waals surface area (Å²) < 4.78 is 0. The number of rotatable bonds is 6. The molecule has 0 spiro atoms. The van der Waals surface area contributed by atoms with Crippen molar-refractivity contribution in [2.75, 3.05) is 4.90 Å². The zero-order valence-corrected chi connectivity index (χ0v) is 37.5. The molecule has 0 unspecified atom stereocenters. The third-order valence-corrected chi connectivity index (χ3v) is 19.6. The Morgan fingerprint density at radius 1 is 0.369 bits per heavy atom. The maximum atomic E-state index is 2.58. The Bertz CT molecular complexity index is 3620. The van der Waals surface area contributed by atoms with E-state index in [2.05, 4.69) is 255 Å². The van der Waals surface area contributed by atoms with Gasteiger partial charge in [-0.05, 0) is 128 Å². The van der Waals surface area contributed by atoms with Crippen molar-refractivity contribution < 1.29 is 0 Å². The molecule has 1 heterocycles. The van der Waals surface area contributed by atoms with Crippen LogP contribution in [-0.2, 0) is 5.41 Å². The topological polar surface area (TPSA) is 3.24 Å². The molecule has 0 saturated carbocycles. The van der Waals surface area contributed by atoms with Gasteiger partial charge < -0.3 is 4.90 Å². The van der Waals surface area contributed by atoms with Crippen LogP contribution in [0, 0.1) is 0 Å². The number of hydrogen-bond acceptors (Lipinski definition) is 1. The van der Waals surface area contributed by atoms with Crippen molar-refractivity contribution in [3.63, 3.8) is 0 Å². The van der Waals surface area contributed by atoms with E-state index in [4.69, 9.17) is 0 Å². The van der Waals surface area contributed by atoms with E-state index in [0.717, 1.165) is 11.4 Å². The van der Waals surface area contributed by atoms with Crippen LogP contribution in [0.25, 0.3) is 65.7 Å². The van der Waals surface area contributed by atoms with Crippen molar-refractivity contribution in [3.05, 3.63) is 248 Å². The monoisotopic (exact) mass is 843 g/mol. The molecule has 65 heavy (non-hydrogen) atoms. The van der Waals surface area contributed by atoms with Crippen LogP contribution in [0.3, 0.4) is 0 Å². The second kappa shape index (κ2) is 14.4. The van der Waals surface area contributed by atoms with Gasteiger partial charge in [0.1, 0.15) is 0 Å². The molecule has 11 aromatic rings. The largest absolute Gasteiger partial charge is 0.311 e. The third kappa shape index (κ3) is 5.57. The summed E-state index contributed by atoms with van der Waals surface area (Å²) in [7, 11) is -3.07. The molecule has 11 aromatic carbocycles. The van der Waals surface area contributed by atoms with Crippen LogP contribution in [0.2, 0.25) is 0 Å². The lowest BCUT2D eigenvalue weighted by Crippen LogP contribution is -2.73. The predicted octanol–water partition coefficient (Wildman–Crippen LogP) is 13.9. The van der Waals surface area contributed by atoms with Crippen molar-refractivity contribution in [1.29, 1.82) is 0 Å². The minimum absolute atomic E-state index is 0.197. The van der Waals surface area contributed by atoms with Gasteiger partial charge in [-0.25, -0.2) is 0 Å². The van der Waals surface area contributed by atoms with Gasteiger partial charge in [-0.3, -0.25) is 0 Å². The Morgan fingerprint density at radius 2 is 0.938 bits per heavy atom. The van der Waals surface area contributed by atoms with Crippen LogP contribution in [0.15, 0.2) is 237 Å². The Morgan fingerprint density at radius 3 is 1.66 bits per heavy atom. The Balaban J connectivity index is 1.12. The predicted molar refractivity (Wildman–Crippen MR) is 279 cm³/mol. The van der Waals surface area contributed by atoms with E-state index in [1.165, 1.54) is 103 Å². The minimum Gasteiger partial charge on any atom is -0.311 e. The molecular weight excluding hydrogens is 799 g/mol. The first kappa shape index (κ1) is 37.7. The lowest BCUT2D eigenvalue weighted by molar-refractivity contribution is 0.661. The van der Waals surface area contributed by atoms with Gasteiger partial charge in [0, 0.05) is 22.5 Å². The Kier molecular flexibility index (Phi) is 8.34. The lowest BCUT2D eigenvalue weighted by Gasteiger charge is -2.36. The molecule has 0 fully saturated rings.